The minimum atomic E-state index is -4.59. The maximum atomic E-state index is 12.9. The van der Waals surface area contributed by atoms with Crippen LogP contribution in [-0.2, 0) is 19.4 Å². The van der Waals surface area contributed by atoms with E-state index in [1.54, 1.807) is 0 Å². The molecule has 0 radical (unpaired) electrons. The molecule has 2 aromatic carbocycles. The molecule has 0 spiro atoms. The highest BCUT2D eigenvalue weighted by molar-refractivity contribution is 5.63. The monoisotopic (exact) mass is 386 g/mol. The molecule has 0 unspecified atom stereocenters. The number of benzene rings is 2. The van der Waals surface area contributed by atoms with E-state index in [-0.39, 0.29) is 16.8 Å². The SMILES string of the molecule is Cn1cc(-c2cccc(C(F)(F)F)c2)c(=O)n1-c1cccc(C(F)(F)F)c1. The summed E-state index contributed by atoms with van der Waals surface area (Å²) >= 11 is 0. The second-order valence-corrected chi connectivity index (χ2v) is 5.86. The average Bonchev–Trinajstić information content (AvgIpc) is 2.88. The number of rotatable bonds is 2. The smallest absolute Gasteiger partial charge is 0.288 e. The first kappa shape index (κ1) is 18.8. The minimum absolute atomic E-state index is 0.0242. The van der Waals surface area contributed by atoms with Gasteiger partial charge in [0.15, 0.2) is 0 Å². The average molecular weight is 386 g/mol. The molecular formula is C18H12F6N2O. The predicted molar refractivity (Wildman–Crippen MR) is 86.5 cm³/mol. The topological polar surface area (TPSA) is 26.9 Å². The van der Waals surface area contributed by atoms with Crippen molar-refractivity contribution in [2.24, 2.45) is 7.05 Å². The van der Waals surface area contributed by atoms with Crippen molar-refractivity contribution in [2.45, 2.75) is 12.4 Å². The molecule has 27 heavy (non-hydrogen) atoms. The summed E-state index contributed by atoms with van der Waals surface area (Å²) in [4.78, 5) is 12.7. The lowest BCUT2D eigenvalue weighted by Crippen LogP contribution is -2.20. The van der Waals surface area contributed by atoms with Crippen LogP contribution in [-0.4, -0.2) is 9.36 Å². The van der Waals surface area contributed by atoms with Crippen molar-refractivity contribution in [2.75, 3.05) is 0 Å². The van der Waals surface area contributed by atoms with Crippen LogP contribution in [0.5, 0.6) is 0 Å². The van der Waals surface area contributed by atoms with Crippen LogP contribution in [0.25, 0.3) is 16.8 Å². The molecule has 0 amide bonds. The van der Waals surface area contributed by atoms with Crippen molar-refractivity contribution >= 4 is 0 Å². The fourth-order valence-corrected chi connectivity index (χ4v) is 2.73. The molecule has 1 aromatic heterocycles. The van der Waals surface area contributed by atoms with Gasteiger partial charge in [0.1, 0.15) is 0 Å². The van der Waals surface area contributed by atoms with Crippen molar-refractivity contribution in [1.29, 1.82) is 0 Å². The number of aryl methyl sites for hydroxylation is 1. The first-order valence-electron chi connectivity index (χ1n) is 7.62. The zero-order chi connectivity index (χ0) is 20.0. The standard InChI is InChI=1S/C18H12F6N2O/c1-25-10-15(11-4-2-5-12(8-11)17(19,20)21)16(27)26(25)14-7-3-6-13(9-14)18(22,23)24/h2-10H,1H3. The Kier molecular flexibility index (Phi) is 4.41. The number of nitrogens with zero attached hydrogens (tertiary/aromatic N) is 2. The highest BCUT2D eigenvalue weighted by Gasteiger charge is 2.32. The normalized spacial score (nSPS) is 12.4. The Hall–Kier alpha value is -2.97. The molecule has 0 aliphatic carbocycles. The summed E-state index contributed by atoms with van der Waals surface area (Å²) in [5.74, 6) is 0. The Morgan fingerprint density at radius 1 is 0.815 bits per heavy atom. The van der Waals surface area contributed by atoms with Gasteiger partial charge in [-0.05, 0) is 35.9 Å². The Morgan fingerprint density at radius 2 is 1.37 bits per heavy atom. The molecule has 3 aromatic rings. The van der Waals surface area contributed by atoms with E-state index in [9.17, 15) is 31.1 Å². The Morgan fingerprint density at radius 3 is 1.96 bits per heavy atom. The lowest BCUT2D eigenvalue weighted by Gasteiger charge is -2.10. The van der Waals surface area contributed by atoms with Gasteiger partial charge in [0.2, 0.25) is 0 Å². The van der Waals surface area contributed by atoms with Gasteiger partial charge < -0.3 is 0 Å². The molecule has 142 valence electrons. The third-order valence-corrected chi connectivity index (χ3v) is 3.97. The van der Waals surface area contributed by atoms with Gasteiger partial charge in [0.25, 0.3) is 5.56 Å². The summed E-state index contributed by atoms with van der Waals surface area (Å²) in [5.41, 5.74) is -2.66. The van der Waals surface area contributed by atoms with Crippen LogP contribution in [0.4, 0.5) is 26.3 Å². The molecule has 1 heterocycles. The third kappa shape index (κ3) is 3.62. The highest BCUT2D eigenvalue weighted by atomic mass is 19.4. The van der Waals surface area contributed by atoms with E-state index in [2.05, 4.69) is 0 Å². The molecule has 0 fully saturated rings. The van der Waals surface area contributed by atoms with Gasteiger partial charge in [-0.25, -0.2) is 4.68 Å². The number of hydrogen-bond acceptors (Lipinski definition) is 1. The van der Waals surface area contributed by atoms with Crippen molar-refractivity contribution in [3.05, 3.63) is 76.2 Å². The lowest BCUT2D eigenvalue weighted by molar-refractivity contribution is -0.138. The zero-order valence-corrected chi connectivity index (χ0v) is 13.8. The second-order valence-electron chi connectivity index (χ2n) is 5.86. The van der Waals surface area contributed by atoms with Crippen molar-refractivity contribution in [3.8, 4) is 16.8 Å². The van der Waals surface area contributed by atoms with Crippen LogP contribution in [0.15, 0.2) is 59.5 Å². The number of aromatic nitrogens is 2. The fraction of sp³-hybridized carbons (Fsp3) is 0.167. The third-order valence-electron chi connectivity index (χ3n) is 3.97. The highest BCUT2D eigenvalue weighted by Crippen LogP contribution is 2.32. The summed E-state index contributed by atoms with van der Waals surface area (Å²) in [6, 6.07) is 8.34. The summed E-state index contributed by atoms with van der Waals surface area (Å²) in [7, 11) is 1.42. The quantitative estimate of drug-likeness (QED) is 0.577. The van der Waals surface area contributed by atoms with E-state index in [1.807, 2.05) is 0 Å². The van der Waals surface area contributed by atoms with Crippen LogP contribution in [0.3, 0.4) is 0 Å². The number of alkyl halides is 6. The maximum Gasteiger partial charge on any atom is 0.416 e. The molecule has 0 bridgehead atoms. The molecule has 0 saturated carbocycles. The van der Waals surface area contributed by atoms with E-state index in [0.717, 1.165) is 35.0 Å². The summed E-state index contributed by atoms with van der Waals surface area (Å²) in [6.45, 7) is 0. The van der Waals surface area contributed by atoms with Gasteiger partial charge in [-0.3, -0.25) is 9.48 Å². The molecular weight excluding hydrogens is 374 g/mol. The van der Waals surface area contributed by atoms with Crippen LogP contribution in [0, 0.1) is 0 Å². The van der Waals surface area contributed by atoms with Crippen molar-refractivity contribution in [1.82, 2.24) is 9.36 Å². The van der Waals surface area contributed by atoms with E-state index in [4.69, 9.17) is 0 Å². The first-order chi connectivity index (χ1) is 12.5. The lowest BCUT2D eigenvalue weighted by atomic mass is 10.1. The van der Waals surface area contributed by atoms with E-state index >= 15 is 0 Å². The van der Waals surface area contributed by atoms with Gasteiger partial charge in [-0.1, -0.05) is 18.2 Å². The first-order valence-corrected chi connectivity index (χ1v) is 7.62. The minimum Gasteiger partial charge on any atom is -0.288 e. The van der Waals surface area contributed by atoms with Crippen LogP contribution < -0.4 is 5.56 Å². The molecule has 3 nitrogen and oxygen atoms in total. The molecule has 0 atom stereocenters. The molecule has 9 heteroatoms. The molecule has 0 aliphatic heterocycles. The number of hydrogen-bond donors (Lipinski definition) is 0. The van der Waals surface area contributed by atoms with Gasteiger partial charge in [0.05, 0.1) is 22.4 Å². The van der Waals surface area contributed by atoms with Gasteiger partial charge in [0, 0.05) is 13.2 Å². The predicted octanol–water partition coefficient (Wildman–Crippen LogP) is 4.88. The second kappa shape index (κ2) is 6.33. The molecule has 0 aliphatic rings. The Balaban J connectivity index is 2.14. The summed E-state index contributed by atoms with van der Waals surface area (Å²) in [5, 5.41) is 0. The molecule has 0 N–H and O–H groups in total. The van der Waals surface area contributed by atoms with Crippen LogP contribution >= 0.6 is 0 Å². The van der Waals surface area contributed by atoms with Crippen LogP contribution in [0.1, 0.15) is 11.1 Å². The van der Waals surface area contributed by atoms with Gasteiger partial charge >= 0.3 is 12.4 Å². The largest absolute Gasteiger partial charge is 0.416 e. The molecule has 3 rings (SSSR count). The maximum absolute atomic E-state index is 12.9. The zero-order valence-electron chi connectivity index (χ0n) is 13.8. The fourth-order valence-electron chi connectivity index (χ4n) is 2.73. The van der Waals surface area contributed by atoms with E-state index in [1.165, 1.54) is 36.1 Å². The van der Waals surface area contributed by atoms with Crippen molar-refractivity contribution in [3.63, 3.8) is 0 Å². The van der Waals surface area contributed by atoms with Gasteiger partial charge in [-0.2, -0.15) is 26.3 Å². The van der Waals surface area contributed by atoms with Gasteiger partial charge in [-0.15, -0.1) is 0 Å². The van der Waals surface area contributed by atoms with Crippen molar-refractivity contribution < 1.29 is 26.3 Å². The Bertz CT molecular complexity index is 1040. The molecule has 0 saturated heterocycles. The van der Waals surface area contributed by atoms with Crippen LogP contribution in [0.2, 0.25) is 0 Å². The van der Waals surface area contributed by atoms with E-state index < -0.39 is 29.0 Å². The van der Waals surface area contributed by atoms with E-state index in [0.29, 0.717) is 0 Å². The number of halogens is 6. The Labute approximate surface area is 149 Å². The summed E-state index contributed by atoms with van der Waals surface area (Å²) < 4.78 is 79.6. The summed E-state index contributed by atoms with van der Waals surface area (Å²) in [6.07, 6.45) is -7.89.